The van der Waals surface area contributed by atoms with E-state index in [2.05, 4.69) is 13.5 Å². The van der Waals surface area contributed by atoms with E-state index in [1.54, 1.807) is 0 Å². The Hall–Kier alpha value is -0.750. The fourth-order valence-corrected chi connectivity index (χ4v) is 8.25. The monoisotopic (exact) mass is 346 g/mol. The van der Waals surface area contributed by atoms with E-state index in [9.17, 15) is 15.0 Å². The number of Topliss-reactive ketones (excluding diaryl/α,β-unsaturated/α-hetero) is 1. The minimum absolute atomic E-state index is 0.00572. The molecule has 7 bridgehead atoms. The molecule has 0 aromatic carbocycles. The molecule has 2 N–H and O–H groups in total. The molecule has 10 atom stereocenters. The lowest BCUT2D eigenvalue weighted by Crippen LogP contribution is -2.81. The largest absolute Gasteiger partial charge is 0.392 e. The summed E-state index contributed by atoms with van der Waals surface area (Å²) in [4.78, 5) is 13.3. The van der Waals surface area contributed by atoms with E-state index in [0.717, 1.165) is 32.1 Å². The summed E-state index contributed by atoms with van der Waals surface area (Å²) in [6, 6.07) is 0. The zero-order valence-electron chi connectivity index (χ0n) is 14.6. The molecule has 4 saturated carbocycles. The first-order valence-electron chi connectivity index (χ1n) is 9.75. The van der Waals surface area contributed by atoms with Crippen molar-refractivity contribution in [3.05, 3.63) is 12.2 Å². The highest BCUT2D eigenvalue weighted by Gasteiger charge is 2.83. The maximum atomic E-state index is 13.3. The minimum atomic E-state index is -0.910. The van der Waals surface area contributed by atoms with Gasteiger partial charge in [0.25, 0.3) is 0 Å². The molecule has 25 heavy (non-hydrogen) atoms. The zero-order chi connectivity index (χ0) is 17.4. The zero-order valence-corrected chi connectivity index (χ0v) is 14.6. The van der Waals surface area contributed by atoms with Crippen LogP contribution in [0.4, 0.5) is 0 Å². The summed E-state index contributed by atoms with van der Waals surface area (Å²) in [5.74, 6) is 0.0718. The number of aliphatic hydroxyl groups excluding tert-OH is 2. The van der Waals surface area contributed by atoms with Crippen molar-refractivity contribution >= 4 is 5.78 Å². The molecule has 3 heterocycles. The maximum Gasteiger partial charge on any atom is 0.170 e. The summed E-state index contributed by atoms with van der Waals surface area (Å²) in [5.41, 5.74) is -0.874. The smallest absolute Gasteiger partial charge is 0.170 e. The molecule has 0 aromatic rings. The van der Waals surface area contributed by atoms with Crippen molar-refractivity contribution in [2.75, 3.05) is 6.61 Å². The maximum absolute atomic E-state index is 13.3. The SMILES string of the molecule is C=C1C(=O)C23C(CCC1[C@H]2O)C12C(O)CC[C@@]4(C)COC1O[C@@H]3C[C@@H]24. The van der Waals surface area contributed by atoms with Crippen molar-refractivity contribution in [2.24, 2.45) is 34.0 Å². The first kappa shape index (κ1) is 15.3. The second-order valence-electron chi connectivity index (χ2n) is 9.73. The van der Waals surface area contributed by atoms with Gasteiger partial charge in [0.2, 0.25) is 0 Å². The molecule has 7 rings (SSSR count). The topological polar surface area (TPSA) is 76.0 Å². The van der Waals surface area contributed by atoms with E-state index in [1.807, 2.05) is 0 Å². The third kappa shape index (κ3) is 1.29. The fourth-order valence-electron chi connectivity index (χ4n) is 8.25. The van der Waals surface area contributed by atoms with Crippen molar-refractivity contribution < 1.29 is 24.5 Å². The normalized spacial score (nSPS) is 64.4. The summed E-state index contributed by atoms with van der Waals surface area (Å²) in [6.07, 6.45) is 2.01. The second-order valence-corrected chi connectivity index (χ2v) is 9.73. The second kappa shape index (κ2) is 4.22. The first-order chi connectivity index (χ1) is 11.9. The lowest BCUT2D eigenvalue weighted by Gasteiger charge is -2.75. The highest BCUT2D eigenvalue weighted by molar-refractivity contribution is 6.04. The Morgan fingerprint density at radius 2 is 2.00 bits per heavy atom. The lowest BCUT2D eigenvalue weighted by atomic mass is 9.36. The number of hydrogen-bond acceptors (Lipinski definition) is 5. The summed E-state index contributed by atoms with van der Waals surface area (Å²) >= 11 is 0. The van der Waals surface area contributed by atoms with Gasteiger partial charge in [-0.25, -0.2) is 0 Å². The standard InChI is InChI=1S/C20H26O5/c1-9-10-3-4-11-19-12-7-14(20(11,15(9)22)16(10)23)25-17(19)24-8-18(12,2)6-5-13(19)21/h10-14,16-17,21,23H,1,3-8H2,2H3/t10?,11?,12-,13?,14-,16-,17?,18+,19?,20?/m1/s1. The Labute approximate surface area is 147 Å². The van der Waals surface area contributed by atoms with Crippen molar-refractivity contribution in [3.63, 3.8) is 0 Å². The Balaban J connectivity index is 1.61. The fraction of sp³-hybridized carbons (Fsp3) is 0.850. The molecular formula is C20H26O5. The number of fused-ring (bicyclic) bond motifs is 1. The van der Waals surface area contributed by atoms with Crippen LogP contribution >= 0.6 is 0 Å². The van der Waals surface area contributed by atoms with Crippen molar-refractivity contribution in [3.8, 4) is 0 Å². The number of carbonyl (C=O) groups is 1. The molecule has 5 heteroatoms. The average molecular weight is 346 g/mol. The third-order valence-corrected chi connectivity index (χ3v) is 9.20. The lowest BCUT2D eigenvalue weighted by molar-refractivity contribution is -0.440. The van der Waals surface area contributed by atoms with Gasteiger partial charge in [0.15, 0.2) is 12.1 Å². The van der Waals surface area contributed by atoms with Gasteiger partial charge in [-0.3, -0.25) is 4.79 Å². The van der Waals surface area contributed by atoms with Crippen molar-refractivity contribution in [1.29, 1.82) is 0 Å². The Morgan fingerprint density at radius 3 is 2.80 bits per heavy atom. The minimum Gasteiger partial charge on any atom is -0.392 e. The van der Waals surface area contributed by atoms with Crippen molar-refractivity contribution in [2.45, 2.75) is 63.6 Å². The van der Waals surface area contributed by atoms with E-state index in [4.69, 9.17) is 9.47 Å². The number of aliphatic hydroxyl groups is 2. The van der Waals surface area contributed by atoms with E-state index < -0.39 is 29.3 Å². The Bertz CT molecular complexity index is 700. The van der Waals surface area contributed by atoms with Crippen LogP contribution in [-0.4, -0.2) is 47.2 Å². The molecule has 6 unspecified atom stereocenters. The molecule has 136 valence electrons. The molecular weight excluding hydrogens is 320 g/mol. The Kier molecular flexibility index (Phi) is 2.58. The highest BCUT2D eigenvalue weighted by atomic mass is 16.7. The van der Waals surface area contributed by atoms with Crippen LogP contribution in [0.3, 0.4) is 0 Å². The van der Waals surface area contributed by atoms with Gasteiger partial charge in [-0.2, -0.15) is 0 Å². The van der Waals surface area contributed by atoms with E-state index in [0.29, 0.717) is 18.1 Å². The van der Waals surface area contributed by atoms with Gasteiger partial charge in [0.1, 0.15) is 0 Å². The van der Waals surface area contributed by atoms with Crippen molar-refractivity contribution in [1.82, 2.24) is 0 Å². The average Bonchev–Trinajstić information content (AvgIpc) is 2.71. The van der Waals surface area contributed by atoms with Crippen LogP contribution in [0, 0.1) is 34.0 Å². The van der Waals surface area contributed by atoms with Gasteiger partial charge < -0.3 is 19.7 Å². The number of hydrogen-bond donors (Lipinski definition) is 2. The van der Waals surface area contributed by atoms with Crippen LogP contribution in [0.25, 0.3) is 0 Å². The molecule has 4 aliphatic carbocycles. The summed E-state index contributed by atoms with van der Waals surface area (Å²) in [7, 11) is 0. The Morgan fingerprint density at radius 1 is 1.20 bits per heavy atom. The molecule has 7 fully saturated rings. The van der Waals surface area contributed by atoms with E-state index >= 15 is 0 Å². The molecule has 0 amide bonds. The van der Waals surface area contributed by atoms with Gasteiger partial charge >= 0.3 is 0 Å². The predicted molar refractivity (Wildman–Crippen MR) is 87.3 cm³/mol. The predicted octanol–water partition coefficient (Wildman–Crippen LogP) is 1.42. The van der Waals surface area contributed by atoms with Gasteiger partial charge in [-0.15, -0.1) is 0 Å². The van der Waals surface area contributed by atoms with Crippen LogP contribution in [-0.2, 0) is 14.3 Å². The summed E-state index contributed by atoms with van der Waals surface area (Å²) in [5, 5.41) is 22.4. The summed E-state index contributed by atoms with van der Waals surface area (Å²) in [6.45, 7) is 6.95. The van der Waals surface area contributed by atoms with Gasteiger partial charge in [-0.1, -0.05) is 13.5 Å². The summed E-state index contributed by atoms with van der Waals surface area (Å²) < 4.78 is 12.5. The number of ketones is 1. The number of ether oxygens (including phenoxy) is 2. The van der Waals surface area contributed by atoms with Gasteiger partial charge in [0.05, 0.1) is 35.7 Å². The highest BCUT2D eigenvalue weighted by Crippen LogP contribution is 2.77. The molecule has 2 spiro atoms. The van der Waals surface area contributed by atoms with Crippen LogP contribution in [0.15, 0.2) is 12.2 Å². The number of carbonyl (C=O) groups excluding carboxylic acids is 1. The first-order valence-corrected chi connectivity index (χ1v) is 9.75. The van der Waals surface area contributed by atoms with Gasteiger partial charge in [-0.05, 0) is 54.9 Å². The number of rotatable bonds is 0. The molecule has 0 aromatic heterocycles. The molecule has 3 aliphatic heterocycles. The molecule has 0 radical (unpaired) electrons. The quantitative estimate of drug-likeness (QED) is 0.649. The van der Waals surface area contributed by atoms with Crippen LogP contribution < -0.4 is 0 Å². The molecule has 7 aliphatic rings. The third-order valence-electron chi connectivity index (χ3n) is 9.20. The van der Waals surface area contributed by atoms with Crippen LogP contribution in [0.2, 0.25) is 0 Å². The molecule has 3 saturated heterocycles. The van der Waals surface area contributed by atoms with E-state index in [-0.39, 0.29) is 29.1 Å². The van der Waals surface area contributed by atoms with E-state index in [1.165, 1.54) is 0 Å². The van der Waals surface area contributed by atoms with Crippen LogP contribution in [0.1, 0.15) is 39.0 Å². The molecule has 5 nitrogen and oxygen atoms in total. The van der Waals surface area contributed by atoms with Crippen LogP contribution in [0.5, 0.6) is 0 Å². The van der Waals surface area contributed by atoms with Gasteiger partial charge in [0, 0.05) is 5.92 Å².